The summed E-state index contributed by atoms with van der Waals surface area (Å²) >= 11 is 5.02. The zero-order valence-electron chi connectivity index (χ0n) is 12.0. The van der Waals surface area contributed by atoms with Gasteiger partial charge in [-0.1, -0.05) is 12.1 Å². The van der Waals surface area contributed by atoms with Gasteiger partial charge in [0.05, 0.1) is 0 Å². The fraction of sp³-hybridized carbons (Fsp3) is 0.467. The Hall–Kier alpha value is -1.05. The first kappa shape index (κ1) is 17.3. The van der Waals surface area contributed by atoms with Crippen LogP contribution in [-0.2, 0) is 14.3 Å². The molecule has 0 unspecified atom stereocenters. The van der Waals surface area contributed by atoms with Crippen molar-refractivity contribution in [3.05, 3.63) is 28.7 Å². The van der Waals surface area contributed by atoms with Crippen LogP contribution in [0.5, 0.6) is 0 Å². The summed E-state index contributed by atoms with van der Waals surface area (Å²) in [7, 11) is 0. The Kier molecular flexibility index (Phi) is 6.28. The molecule has 1 amide bonds. The molecule has 2 rings (SSSR count). The molecule has 1 aliphatic rings. The van der Waals surface area contributed by atoms with Crippen molar-refractivity contribution in [2.75, 3.05) is 19.0 Å². The van der Waals surface area contributed by atoms with Gasteiger partial charge in [0.25, 0.3) is 0 Å². The van der Waals surface area contributed by atoms with Crippen molar-refractivity contribution in [3.63, 3.8) is 0 Å². The predicted octanol–water partition coefficient (Wildman–Crippen LogP) is 2.68. The standard InChI is InChI=1S/C15H18BrNO4S/c16-11-3-1-2-4-12(11)22-10-5-13(18)17-15(14(19)20)6-8-21-9-7-15/h1-4H,5-10H2,(H,17,18)(H,19,20). The fourth-order valence-electron chi connectivity index (χ4n) is 2.26. The molecule has 1 saturated heterocycles. The van der Waals surface area contributed by atoms with E-state index in [0.29, 0.717) is 31.8 Å². The SMILES string of the molecule is O=C(CCSc1ccccc1Br)NC1(C(=O)O)CCOCC1. The quantitative estimate of drug-likeness (QED) is 0.733. The maximum Gasteiger partial charge on any atom is 0.329 e. The molecule has 1 aliphatic heterocycles. The molecule has 0 atom stereocenters. The Morgan fingerprint density at radius 1 is 1.32 bits per heavy atom. The molecular formula is C15H18BrNO4S. The van der Waals surface area contributed by atoms with E-state index >= 15 is 0 Å². The van der Waals surface area contributed by atoms with E-state index in [1.54, 1.807) is 11.8 Å². The molecule has 0 aromatic heterocycles. The lowest BCUT2D eigenvalue weighted by atomic mass is 9.90. The van der Waals surface area contributed by atoms with Crippen LogP contribution < -0.4 is 5.32 Å². The summed E-state index contributed by atoms with van der Waals surface area (Å²) < 4.78 is 6.18. The monoisotopic (exact) mass is 387 g/mol. The molecular weight excluding hydrogens is 370 g/mol. The molecule has 1 aromatic rings. The first-order chi connectivity index (χ1) is 10.5. The predicted molar refractivity (Wildman–Crippen MR) is 88.0 cm³/mol. The minimum Gasteiger partial charge on any atom is -0.480 e. The number of carbonyl (C=O) groups is 2. The van der Waals surface area contributed by atoms with Gasteiger partial charge in [0.15, 0.2) is 0 Å². The Bertz CT molecular complexity index is 546. The number of ether oxygens (including phenoxy) is 1. The highest BCUT2D eigenvalue weighted by molar-refractivity contribution is 9.10. The molecule has 0 bridgehead atoms. The van der Waals surface area contributed by atoms with Gasteiger partial charge < -0.3 is 15.2 Å². The number of thioether (sulfide) groups is 1. The fourth-order valence-corrected chi connectivity index (χ4v) is 3.77. The topological polar surface area (TPSA) is 75.6 Å². The van der Waals surface area contributed by atoms with Gasteiger partial charge in [0, 0.05) is 47.6 Å². The van der Waals surface area contributed by atoms with Crippen molar-refractivity contribution in [1.29, 1.82) is 0 Å². The number of carboxylic acid groups (broad SMARTS) is 1. The number of hydrogen-bond donors (Lipinski definition) is 2. The number of rotatable bonds is 6. The van der Waals surface area contributed by atoms with Crippen molar-refractivity contribution in [3.8, 4) is 0 Å². The molecule has 1 fully saturated rings. The van der Waals surface area contributed by atoms with Crippen LogP contribution in [0.2, 0.25) is 0 Å². The van der Waals surface area contributed by atoms with E-state index in [2.05, 4.69) is 21.2 Å². The summed E-state index contributed by atoms with van der Waals surface area (Å²) in [5, 5.41) is 12.1. The lowest BCUT2D eigenvalue weighted by Crippen LogP contribution is -2.57. The second kappa shape index (κ2) is 7.99. The van der Waals surface area contributed by atoms with E-state index in [4.69, 9.17) is 4.74 Å². The average Bonchev–Trinajstić information content (AvgIpc) is 2.50. The van der Waals surface area contributed by atoms with Crippen LogP contribution in [0.3, 0.4) is 0 Å². The van der Waals surface area contributed by atoms with Crippen LogP contribution in [0, 0.1) is 0 Å². The Morgan fingerprint density at radius 2 is 2.00 bits per heavy atom. The highest BCUT2D eigenvalue weighted by atomic mass is 79.9. The molecule has 1 aromatic carbocycles. The van der Waals surface area contributed by atoms with Crippen molar-refractivity contribution in [2.45, 2.75) is 29.7 Å². The Labute approximate surface area is 141 Å². The maximum atomic E-state index is 12.1. The second-order valence-corrected chi connectivity index (χ2v) is 7.07. The molecule has 1 heterocycles. The minimum atomic E-state index is -1.17. The van der Waals surface area contributed by atoms with Crippen LogP contribution in [0.15, 0.2) is 33.6 Å². The summed E-state index contributed by atoms with van der Waals surface area (Å²) in [5.41, 5.74) is -1.17. The summed E-state index contributed by atoms with van der Waals surface area (Å²) in [6.07, 6.45) is 0.902. The van der Waals surface area contributed by atoms with E-state index in [1.165, 1.54) is 0 Å². The lowest BCUT2D eigenvalue weighted by molar-refractivity contribution is -0.152. The zero-order valence-corrected chi connectivity index (χ0v) is 14.4. The number of hydrogen-bond acceptors (Lipinski definition) is 4. The van der Waals surface area contributed by atoms with Crippen molar-refractivity contribution in [1.82, 2.24) is 5.32 Å². The second-order valence-electron chi connectivity index (χ2n) is 5.08. The van der Waals surface area contributed by atoms with Crippen molar-refractivity contribution < 1.29 is 19.4 Å². The van der Waals surface area contributed by atoms with E-state index in [-0.39, 0.29) is 12.3 Å². The number of nitrogens with one attached hydrogen (secondary N) is 1. The number of amides is 1. The summed E-state index contributed by atoms with van der Waals surface area (Å²) in [5.74, 6) is -0.618. The normalized spacial score (nSPS) is 17.0. The number of carbonyl (C=O) groups excluding carboxylic acids is 1. The first-order valence-electron chi connectivity index (χ1n) is 7.03. The van der Waals surface area contributed by atoms with Crippen molar-refractivity contribution >= 4 is 39.6 Å². The first-order valence-corrected chi connectivity index (χ1v) is 8.81. The largest absolute Gasteiger partial charge is 0.480 e. The molecule has 0 spiro atoms. The highest BCUT2D eigenvalue weighted by Crippen LogP contribution is 2.27. The molecule has 0 radical (unpaired) electrons. The van der Waals surface area contributed by atoms with Gasteiger partial charge in [-0.15, -0.1) is 11.8 Å². The number of carboxylic acids is 1. The number of benzene rings is 1. The van der Waals surface area contributed by atoms with E-state index in [0.717, 1.165) is 9.37 Å². The third-order valence-corrected chi connectivity index (χ3v) is 5.59. The van der Waals surface area contributed by atoms with Gasteiger partial charge in [-0.05, 0) is 28.1 Å². The van der Waals surface area contributed by atoms with Gasteiger partial charge in [0.1, 0.15) is 5.54 Å². The summed E-state index contributed by atoms with van der Waals surface area (Å²) in [4.78, 5) is 24.6. The van der Waals surface area contributed by atoms with E-state index in [9.17, 15) is 14.7 Å². The van der Waals surface area contributed by atoms with Crippen molar-refractivity contribution in [2.24, 2.45) is 0 Å². The molecule has 22 heavy (non-hydrogen) atoms. The zero-order chi connectivity index (χ0) is 16.0. The molecule has 2 N–H and O–H groups in total. The summed E-state index contributed by atoms with van der Waals surface area (Å²) in [6, 6.07) is 7.80. The minimum absolute atomic E-state index is 0.233. The molecule has 5 nitrogen and oxygen atoms in total. The highest BCUT2D eigenvalue weighted by Gasteiger charge is 2.41. The van der Waals surface area contributed by atoms with E-state index < -0.39 is 11.5 Å². The smallest absolute Gasteiger partial charge is 0.329 e. The molecule has 0 aliphatic carbocycles. The molecule has 120 valence electrons. The van der Waals surface area contributed by atoms with Crippen LogP contribution in [-0.4, -0.2) is 41.5 Å². The van der Waals surface area contributed by atoms with Crippen LogP contribution in [0.4, 0.5) is 0 Å². The number of aliphatic carboxylic acids is 1. The Morgan fingerprint density at radius 3 is 2.64 bits per heavy atom. The van der Waals surface area contributed by atoms with Crippen LogP contribution in [0.1, 0.15) is 19.3 Å². The van der Waals surface area contributed by atoms with Gasteiger partial charge in [-0.25, -0.2) is 4.79 Å². The number of halogens is 1. The maximum absolute atomic E-state index is 12.1. The lowest BCUT2D eigenvalue weighted by Gasteiger charge is -2.33. The molecule has 0 saturated carbocycles. The van der Waals surface area contributed by atoms with Gasteiger partial charge >= 0.3 is 5.97 Å². The van der Waals surface area contributed by atoms with E-state index in [1.807, 2.05) is 24.3 Å². The van der Waals surface area contributed by atoms with Gasteiger partial charge in [-0.2, -0.15) is 0 Å². The third-order valence-electron chi connectivity index (χ3n) is 3.56. The van der Waals surface area contributed by atoms with Crippen LogP contribution >= 0.6 is 27.7 Å². The van der Waals surface area contributed by atoms with Gasteiger partial charge in [0.2, 0.25) is 5.91 Å². The summed E-state index contributed by atoms with van der Waals surface area (Å²) in [6.45, 7) is 0.719. The molecule has 7 heteroatoms. The van der Waals surface area contributed by atoms with Crippen LogP contribution in [0.25, 0.3) is 0 Å². The van der Waals surface area contributed by atoms with Gasteiger partial charge in [-0.3, -0.25) is 4.79 Å². The Balaban J connectivity index is 1.84. The average molecular weight is 388 g/mol. The third kappa shape index (κ3) is 4.47.